The predicted molar refractivity (Wildman–Crippen MR) is 107 cm³/mol. The maximum atomic E-state index is 11.9. The van der Waals surface area contributed by atoms with Crippen LogP contribution >= 0.6 is 23.4 Å². The molecule has 138 valence electrons. The standard InChI is InChI=1S/C18H16ClN5O2S/c1-10(16(25)24-17(20)26)27-18-22-13-8-4-2-6-11(13)15(23-18)21-14-9-5-3-7-12(14)19/h2-10H,1H3,(H,21,22,23)(H3,20,24,25,26). The maximum absolute atomic E-state index is 11.9. The van der Waals surface area contributed by atoms with Gasteiger partial charge >= 0.3 is 6.03 Å². The highest BCUT2D eigenvalue weighted by Gasteiger charge is 2.19. The maximum Gasteiger partial charge on any atom is 0.318 e. The van der Waals surface area contributed by atoms with Crippen molar-refractivity contribution in [2.24, 2.45) is 5.73 Å². The van der Waals surface area contributed by atoms with E-state index in [-0.39, 0.29) is 0 Å². The molecule has 0 spiro atoms. The van der Waals surface area contributed by atoms with Crippen molar-refractivity contribution in [3.05, 3.63) is 53.6 Å². The number of thioether (sulfide) groups is 1. The first-order chi connectivity index (χ1) is 12.9. The molecule has 3 amide bonds. The second kappa shape index (κ2) is 8.24. The zero-order valence-electron chi connectivity index (χ0n) is 14.3. The molecule has 0 saturated carbocycles. The number of primary amides is 1. The van der Waals surface area contributed by atoms with E-state index in [1.54, 1.807) is 13.0 Å². The third kappa shape index (κ3) is 4.66. The topological polar surface area (TPSA) is 110 Å². The molecule has 0 bridgehead atoms. The number of carbonyl (C=O) groups is 2. The Kier molecular flexibility index (Phi) is 5.78. The predicted octanol–water partition coefficient (Wildman–Crippen LogP) is 3.70. The number of fused-ring (bicyclic) bond motifs is 1. The molecule has 0 aliphatic rings. The zero-order valence-corrected chi connectivity index (χ0v) is 15.8. The van der Waals surface area contributed by atoms with Crippen molar-refractivity contribution < 1.29 is 9.59 Å². The fourth-order valence-corrected chi connectivity index (χ4v) is 3.29. The number of halogens is 1. The monoisotopic (exact) mass is 401 g/mol. The molecular formula is C18H16ClN5O2S. The van der Waals surface area contributed by atoms with Crippen molar-refractivity contribution in [3.8, 4) is 0 Å². The number of nitrogens with two attached hydrogens (primary N) is 1. The Balaban J connectivity index is 1.94. The number of benzene rings is 2. The van der Waals surface area contributed by atoms with Gasteiger partial charge in [0.1, 0.15) is 5.82 Å². The summed E-state index contributed by atoms with van der Waals surface area (Å²) in [7, 11) is 0. The van der Waals surface area contributed by atoms with E-state index in [0.29, 0.717) is 27.2 Å². The molecule has 1 heterocycles. The van der Waals surface area contributed by atoms with Crippen LogP contribution < -0.4 is 16.4 Å². The van der Waals surface area contributed by atoms with Crippen LogP contribution in [0.25, 0.3) is 10.9 Å². The molecule has 3 rings (SSSR count). The molecule has 2 aromatic carbocycles. The lowest BCUT2D eigenvalue weighted by atomic mass is 10.2. The van der Waals surface area contributed by atoms with Crippen LogP contribution in [0.15, 0.2) is 53.7 Å². The summed E-state index contributed by atoms with van der Waals surface area (Å²) in [5, 5.41) is 6.43. The number of hydrogen-bond acceptors (Lipinski definition) is 6. The number of urea groups is 1. The Morgan fingerprint density at radius 1 is 1.11 bits per heavy atom. The highest BCUT2D eigenvalue weighted by Crippen LogP contribution is 2.30. The summed E-state index contributed by atoms with van der Waals surface area (Å²) in [5.41, 5.74) is 6.41. The lowest BCUT2D eigenvalue weighted by molar-refractivity contribution is -0.119. The number of carbonyl (C=O) groups excluding carboxylic acids is 2. The van der Waals surface area contributed by atoms with Crippen LogP contribution in [0, 0.1) is 0 Å². The minimum Gasteiger partial charge on any atom is -0.351 e. The van der Waals surface area contributed by atoms with Crippen molar-refractivity contribution in [2.45, 2.75) is 17.3 Å². The van der Waals surface area contributed by atoms with Gasteiger partial charge in [-0.05, 0) is 31.2 Å². The summed E-state index contributed by atoms with van der Waals surface area (Å²) in [6, 6.07) is 13.9. The van der Waals surface area contributed by atoms with E-state index in [9.17, 15) is 9.59 Å². The molecule has 3 aromatic rings. The van der Waals surface area contributed by atoms with Crippen molar-refractivity contribution in [1.82, 2.24) is 15.3 Å². The fraction of sp³-hybridized carbons (Fsp3) is 0.111. The fourth-order valence-electron chi connectivity index (χ4n) is 2.33. The van der Waals surface area contributed by atoms with Crippen LogP contribution in [0.4, 0.5) is 16.3 Å². The minimum absolute atomic E-state index is 0.385. The van der Waals surface area contributed by atoms with Gasteiger partial charge < -0.3 is 11.1 Å². The van der Waals surface area contributed by atoms with Crippen molar-refractivity contribution >= 4 is 57.7 Å². The van der Waals surface area contributed by atoms with E-state index in [2.05, 4.69) is 20.6 Å². The first kappa shape index (κ1) is 18.9. The van der Waals surface area contributed by atoms with E-state index in [1.165, 1.54) is 0 Å². The van der Waals surface area contributed by atoms with E-state index in [4.69, 9.17) is 17.3 Å². The Morgan fingerprint density at radius 3 is 2.56 bits per heavy atom. The summed E-state index contributed by atoms with van der Waals surface area (Å²) in [5.74, 6) is 0.0589. The van der Waals surface area contributed by atoms with Gasteiger partial charge in [0.25, 0.3) is 0 Å². The van der Waals surface area contributed by atoms with Gasteiger partial charge in [0.2, 0.25) is 5.91 Å². The Bertz CT molecular complexity index is 1010. The normalized spacial score (nSPS) is 11.8. The summed E-state index contributed by atoms with van der Waals surface area (Å²) in [4.78, 5) is 31.8. The van der Waals surface area contributed by atoms with E-state index in [0.717, 1.165) is 17.1 Å². The van der Waals surface area contributed by atoms with Crippen molar-refractivity contribution in [1.29, 1.82) is 0 Å². The van der Waals surface area contributed by atoms with Gasteiger partial charge in [0.15, 0.2) is 5.16 Å². The third-order valence-corrected chi connectivity index (χ3v) is 4.90. The number of nitrogens with one attached hydrogen (secondary N) is 2. The molecule has 27 heavy (non-hydrogen) atoms. The van der Waals surface area contributed by atoms with Crippen LogP contribution in [-0.2, 0) is 4.79 Å². The quantitative estimate of drug-likeness (QED) is 0.444. The number of nitrogens with zero attached hydrogens (tertiary/aromatic N) is 2. The highest BCUT2D eigenvalue weighted by molar-refractivity contribution is 8.00. The largest absolute Gasteiger partial charge is 0.351 e. The van der Waals surface area contributed by atoms with Crippen molar-refractivity contribution in [3.63, 3.8) is 0 Å². The second-order valence-electron chi connectivity index (χ2n) is 5.59. The number of hydrogen-bond donors (Lipinski definition) is 3. The molecule has 7 nitrogen and oxygen atoms in total. The summed E-state index contributed by atoms with van der Waals surface area (Å²) in [6.07, 6.45) is 0. The molecule has 0 radical (unpaired) electrons. The Morgan fingerprint density at radius 2 is 1.81 bits per heavy atom. The van der Waals surface area contributed by atoms with Crippen molar-refractivity contribution in [2.75, 3.05) is 5.32 Å². The summed E-state index contributed by atoms with van der Waals surface area (Å²) >= 11 is 7.35. The zero-order chi connectivity index (χ0) is 19.4. The molecule has 0 saturated heterocycles. The lowest BCUT2D eigenvalue weighted by Gasteiger charge is -2.13. The number of amides is 3. The first-order valence-electron chi connectivity index (χ1n) is 7.99. The lowest BCUT2D eigenvalue weighted by Crippen LogP contribution is -2.39. The molecule has 0 aliphatic carbocycles. The average molecular weight is 402 g/mol. The number of para-hydroxylation sites is 2. The van der Waals surface area contributed by atoms with Crippen LogP contribution in [0.3, 0.4) is 0 Å². The molecule has 1 unspecified atom stereocenters. The highest BCUT2D eigenvalue weighted by atomic mass is 35.5. The molecular weight excluding hydrogens is 386 g/mol. The van der Waals surface area contributed by atoms with Gasteiger partial charge in [-0.3, -0.25) is 10.1 Å². The molecule has 9 heteroatoms. The van der Waals surface area contributed by atoms with Crippen LogP contribution in [-0.4, -0.2) is 27.2 Å². The number of anilines is 2. The smallest absolute Gasteiger partial charge is 0.318 e. The van der Waals surface area contributed by atoms with Gasteiger partial charge in [-0.25, -0.2) is 14.8 Å². The van der Waals surface area contributed by atoms with Gasteiger partial charge in [0, 0.05) is 5.39 Å². The van der Waals surface area contributed by atoms with E-state index in [1.807, 2.05) is 42.5 Å². The number of aromatic nitrogens is 2. The molecule has 1 aromatic heterocycles. The molecule has 4 N–H and O–H groups in total. The molecule has 1 atom stereocenters. The minimum atomic E-state index is -0.895. The van der Waals surface area contributed by atoms with Gasteiger partial charge in [0.05, 0.1) is 21.5 Å². The van der Waals surface area contributed by atoms with E-state index < -0.39 is 17.2 Å². The molecule has 0 aliphatic heterocycles. The Hall–Kier alpha value is -2.84. The van der Waals surface area contributed by atoms with Crippen LogP contribution in [0.2, 0.25) is 5.02 Å². The van der Waals surface area contributed by atoms with Gasteiger partial charge in [-0.1, -0.05) is 47.6 Å². The third-order valence-electron chi connectivity index (χ3n) is 3.61. The van der Waals surface area contributed by atoms with Crippen LogP contribution in [0.1, 0.15) is 6.92 Å². The van der Waals surface area contributed by atoms with Crippen LogP contribution in [0.5, 0.6) is 0 Å². The van der Waals surface area contributed by atoms with E-state index >= 15 is 0 Å². The average Bonchev–Trinajstić information content (AvgIpc) is 2.63. The van der Waals surface area contributed by atoms with Gasteiger partial charge in [-0.2, -0.15) is 0 Å². The second-order valence-corrected chi connectivity index (χ2v) is 7.31. The summed E-state index contributed by atoms with van der Waals surface area (Å²) in [6.45, 7) is 1.64. The van der Waals surface area contributed by atoms with Gasteiger partial charge in [-0.15, -0.1) is 0 Å². The molecule has 0 fully saturated rings. The first-order valence-corrected chi connectivity index (χ1v) is 9.25. The Labute approximate surface area is 164 Å². The SMILES string of the molecule is CC(Sc1nc(Nc2ccccc2Cl)c2ccccc2n1)C(=O)NC(N)=O. The summed E-state index contributed by atoms with van der Waals surface area (Å²) < 4.78 is 0. The number of imide groups is 1. The number of rotatable bonds is 5.